The maximum atomic E-state index is 12.4. The number of rotatable bonds is 5. The quantitative estimate of drug-likeness (QED) is 0.841. The van der Waals surface area contributed by atoms with E-state index in [1.807, 2.05) is 4.72 Å². The van der Waals surface area contributed by atoms with Gasteiger partial charge in [-0.25, -0.2) is 16.8 Å². The van der Waals surface area contributed by atoms with Crippen molar-refractivity contribution in [1.29, 1.82) is 0 Å². The highest BCUT2D eigenvalue weighted by atomic mass is 32.2. The summed E-state index contributed by atoms with van der Waals surface area (Å²) in [4.78, 5) is -0.408. The van der Waals surface area contributed by atoms with Crippen molar-refractivity contribution < 1.29 is 34.7 Å². The van der Waals surface area contributed by atoms with Crippen LogP contribution in [0.5, 0.6) is 5.75 Å². The first kappa shape index (κ1) is 19.1. The first-order chi connectivity index (χ1) is 11.4. The number of sulfone groups is 1. The molecule has 0 amide bonds. The van der Waals surface area contributed by atoms with Crippen LogP contribution in [0, 0.1) is 0 Å². The zero-order chi connectivity index (χ0) is 18.9. The molecular formula is C14H12F3NO5S2. The Kier molecular flexibility index (Phi) is 5.00. The second-order valence-corrected chi connectivity index (χ2v) is 8.59. The van der Waals surface area contributed by atoms with Gasteiger partial charge < -0.3 is 4.74 Å². The molecule has 6 nitrogen and oxygen atoms in total. The number of nitrogens with one attached hydrogen (secondary N) is 1. The van der Waals surface area contributed by atoms with Gasteiger partial charge in [0.2, 0.25) is 0 Å². The fourth-order valence-electron chi connectivity index (χ4n) is 1.83. The van der Waals surface area contributed by atoms with Gasteiger partial charge in [0.1, 0.15) is 0 Å². The average Bonchev–Trinajstić information content (AvgIpc) is 2.47. The van der Waals surface area contributed by atoms with E-state index in [0.717, 1.165) is 42.7 Å². The van der Waals surface area contributed by atoms with Crippen molar-refractivity contribution in [3.8, 4) is 5.75 Å². The number of hydrogen-bond donors (Lipinski definition) is 1. The minimum atomic E-state index is -4.99. The van der Waals surface area contributed by atoms with Crippen LogP contribution >= 0.6 is 0 Å². The fraction of sp³-hybridized carbons (Fsp3) is 0.143. The molecule has 0 atom stereocenters. The van der Waals surface area contributed by atoms with E-state index in [0.29, 0.717) is 0 Å². The highest BCUT2D eigenvalue weighted by Crippen LogP contribution is 2.31. The third-order valence-electron chi connectivity index (χ3n) is 2.92. The Morgan fingerprint density at radius 3 is 1.92 bits per heavy atom. The van der Waals surface area contributed by atoms with Crippen LogP contribution in [0.3, 0.4) is 0 Å². The summed E-state index contributed by atoms with van der Waals surface area (Å²) in [5.41, 5.74) is -0.410. The van der Waals surface area contributed by atoms with Crippen LogP contribution in [0.15, 0.2) is 58.3 Å². The van der Waals surface area contributed by atoms with Gasteiger partial charge in [0.15, 0.2) is 15.6 Å². The van der Waals surface area contributed by atoms with Gasteiger partial charge in [-0.1, -0.05) is 12.1 Å². The molecule has 0 unspecified atom stereocenters. The summed E-state index contributed by atoms with van der Waals surface area (Å²) in [5, 5.41) is 0. The van der Waals surface area contributed by atoms with E-state index in [4.69, 9.17) is 0 Å². The number of sulfonamides is 1. The lowest BCUT2D eigenvalue weighted by Crippen LogP contribution is -2.19. The molecule has 0 radical (unpaired) electrons. The van der Waals surface area contributed by atoms with Gasteiger partial charge >= 0.3 is 6.36 Å². The summed E-state index contributed by atoms with van der Waals surface area (Å²) in [7, 11) is -7.76. The number of benzene rings is 2. The van der Waals surface area contributed by atoms with E-state index >= 15 is 0 Å². The molecule has 25 heavy (non-hydrogen) atoms. The Morgan fingerprint density at radius 1 is 0.880 bits per heavy atom. The van der Waals surface area contributed by atoms with Crippen molar-refractivity contribution >= 4 is 25.5 Å². The molecule has 0 bridgehead atoms. The topological polar surface area (TPSA) is 89.5 Å². The normalized spacial score (nSPS) is 12.6. The first-order valence-corrected chi connectivity index (χ1v) is 9.94. The summed E-state index contributed by atoms with van der Waals surface area (Å²) in [6.07, 6.45) is -4.03. The zero-order valence-corrected chi connectivity index (χ0v) is 14.2. The van der Waals surface area contributed by atoms with E-state index in [9.17, 15) is 30.0 Å². The maximum absolute atomic E-state index is 12.4. The molecule has 1 N–H and O–H groups in total. The minimum Gasteiger partial charge on any atom is -0.404 e. The van der Waals surface area contributed by atoms with Gasteiger partial charge in [-0.3, -0.25) is 4.72 Å². The second kappa shape index (κ2) is 6.56. The highest BCUT2D eigenvalue weighted by Gasteiger charge is 2.32. The Balaban J connectivity index is 2.34. The molecule has 0 aromatic heterocycles. The molecule has 2 aromatic rings. The summed E-state index contributed by atoms with van der Waals surface area (Å²) < 4.78 is 90.2. The van der Waals surface area contributed by atoms with Crippen LogP contribution in [0.25, 0.3) is 0 Å². The lowest BCUT2D eigenvalue weighted by Gasteiger charge is -2.14. The van der Waals surface area contributed by atoms with E-state index < -0.39 is 37.7 Å². The number of alkyl halides is 3. The fourth-order valence-corrected chi connectivity index (χ4v) is 3.54. The van der Waals surface area contributed by atoms with Gasteiger partial charge in [0.25, 0.3) is 10.0 Å². The number of anilines is 1. The average molecular weight is 395 g/mol. The van der Waals surface area contributed by atoms with Crippen LogP contribution < -0.4 is 9.46 Å². The Morgan fingerprint density at radius 2 is 1.40 bits per heavy atom. The molecule has 0 saturated heterocycles. The van der Waals surface area contributed by atoms with E-state index in [-0.39, 0.29) is 9.79 Å². The number of ether oxygens (including phenoxy) is 1. The van der Waals surface area contributed by atoms with Crippen molar-refractivity contribution in [1.82, 2.24) is 0 Å². The minimum absolute atomic E-state index is 0.0905. The molecule has 0 aliphatic rings. The van der Waals surface area contributed by atoms with Crippen molar-refractivity contribution in [3.63, 3.8) is 0 Å². The molecule has 136 valence electrons. The predicted molar refractivity (Wildman–Crippen MR) is 83.5 cm³/mol. The number of para-hydroxylation sites is 2. The molecule has 0 aliphatic heterocycles. The van der Waals surface area contributed by atoms with E-state index in [2.05, 4.69) is 4.74 Å². The Labute approximate surface area is 142 Å². The molecule has 0 fully saturated rings. The van der Waals surface area contributed by atoms with Crippen molar-refractivity contribution in [2.24, 2.45) is 0 Å². The molecule has 11 heteroatoms. The molecule has 2 rings (SSSR count). The van der Waals surface area contributed by atoms with Crippen LogP contribution in [0.1, 0.15) is 0 Å². The van der Waals surface area contributed by atoms with E-state index in [1.54, 1.807) is 0 Å². The van der Waals surface area contributed by atoms with Crippen LogP contribution in [-0.4, -0.2) is 29.5 Å². The lowest BCUT2D eigenvalue weighted by atomic mass is 10.3. The Bertz CT molecular complexity index is 968. The smallest absolute Gasteiger partial charge is 0.404 e. The maximum Gasteiger partial charge on any atom is 0.573 e. The third-order valence-corrected chi connectivity index (χ3v) is 5.43. The third kappa shape index (κ3) is 5.10. The number of halogens is 3. The summed E-state index contributed by atoms with van der Waals surface area (Å²) in [6.45, 7) is 0. The highest BCUT2D eigenvalue weighted by molar-refractivity contribution is 7.92. The van der Waals surface area contributed by atoms with Crippen LogP contribution in [0.2, 0.25) is 0 Å². The van der Waals surface area contributed by atoms with Crippen LogP contribution in [-0.2, 0) is 19.9 Å². The van der Waals surface area contributed by atoms with Crippen LogP contribution in [0.4, 0.5) is 18.9 Å². The van der Waals surface area contributed by atoms with Gasteiger partial charge in [0.05, 0.1) is 15.5 Å². The SMILES string of the molecule is CS(=O)(=O)c1ccc(S(=O)(=O)Nc2ccccc2OC(F)(F)F)cc1. The summed E-state index contributed by atoms with van der Waals surface area (Å²) >= 11 is 0. The molecular weight excluding hydrogens is 383 g/mol. The molecule has 0 aliphatic carbocycles. The van der Waals surface area contributed by atoms with Gasteiger partial charge in [-0.2, -0.15) is 0 Å². The Hall–Kier alpha value is -2.27. The van der Waals surface area contributed by atoms with Crippen molar-refractivity contribution in [2.75, 3.05) is 11.0 Å². The van der Waals surface area contributed by atoms with E-state index in [1.165, 1.54) is 12.1 Å². The van der Waals surface area contributed by atoms with Gasteiger partial charge in [-0.15, -0.1) is 13.2 Å². The van der Waals surface area contributed by atoms with Crippen molar-refractivity contribution in [3.05, 3.63) is 48.5 Å². The predicted octanol–water partition coefficient (Wildman–Crippen LogP) is 2.79. The first-order valence-electron chi connectivity index (χ1n) is 6.56. The molecule has 0 spiro atoms. The lowest BCUT2D eigenvalue weighted by molar-refractivity contribution is -0.274. The van der Waals surface area contributed by atoms with Gasteiger partial charge in [0, 0.05) is 6.26 Å². The summed E-state index contributed by atoms with van der Waals surface area (Å²) in [5.74, 6) is -0.716. The molecule has 0 heterocycles. The molecule has 2 aromatic carbocycles. The zero-order valence-electron chi connectivity index (χ0n) is 12.6. The van der Waals surface area contributed by atoms with Gasteiger partial charge in [-0.05, 0) is 36.4 Å². The largest absolute Gasteiger partial charge is 0.573 e. The second-order valence-electron chi connectivity index (χ2n) is 4.89. The number of hydrogen-bond acceptors (Lipinski definition) is 5. The standard InChI is InChI=1S/C14H12F3NO5S2/c1-24(19,20)10-6-8-11(9-7-10)25(21,22)18-12-4-2-3-5-13(12)23-14(15,16)17/h2-9,18H,1H3. The molecule has 0 saturated carbocycles. The monoisotopic (exact) mass is 395 g/mol. The van der Waals surface area contributed by atoms with Crippen molar-refractivity contribution in [2.45, 2.75) is 16.2 Å². The summed E-state index contributed by atoms with van der Waals surface area (Å²) in [6, 6.07) is 8.87.